The maximum atomic E-state index is 6.30. The molecular formula is C14H23IO. The van der Waals surface area contributed by atoms with Crippen molar-refractivity contribution in [1.82, 2.24) is 0 Å². The van der Waals surface area contributed by atoms with Crippen molar-refractivity contribution in [2.24, 2.45) is 29.6 Å². The molecule has 3 fully saturated rings. The summed E-state index contributed by atoms with van der Waals surface area (Å²) in [5.41, 5.74) is 0. The van der Waals surface area contributed by atoms with Crippen molar-refractivity contribution in [2.75, 3.05) is 0 Å². The highest BCUT2D eigenvalue weighted by atomic mass is 127. The first-order chi connectivity index (χ1) is 7.66. The van der Waals surface area contributed by atoms with Crippen LogP contribution in [0.3, 0.4) is 0 Å². The fourth-order valence-corrected chi connectivity index (χ4v) is 4.86. The number of hydrogen-bond donors (Lipinski definition) is 0. The standard InChI is InChI=1S/C14H23IO/c1-8(2)14(15)16-13-7-9-6-12(13)11-5-3-4-10(9)11/h8-14H,3-7H2,1-2H3. The molecule has 2 bridgehead atoms. The molecule has 0 saturated heterocycles. The smallest absolute Gasteiger partial charge is 0.111 e. The zero-order chi connectivity index (χ0) is 11.3. The van der Waals surface area contributed by atoms with E-state index in [1.54, 1.807) is 0 Å². The summed E-state index contributed by atoms with van der Waals surface area (Å²) in [5, 5.41) is 0. The second-order valence-electron chi connectivity index (χ2n) is 6.42. The van der Waals surface area contributed by atoms with Crippen LogP contribution in [0.2, 0.25) is 0 Å². The molecule has 0 N–H and O–H groups in total. The van der Waals surface area contributed by atoms with Crippen molar-refractivity contribution in [3.63, 3.8) is 0 Å². The number of ether oxygens (including phenoxy) is 1. The molecule has 0 amide bonds. The summed E-state index contributed by atoms with van der Waals surface area (Å²) in [6.45, 7) is 4.53. The summed E-state index contributed by atoms with van der Waals surface area (Å²) in [6, 6.07) is 0. The van der Waals surface area contributed by atoms with Gasteiger partial charge in [-0.1, -0.05) is 42.9 Å². The third-order valence-corrected chi connectivity index (χ3v) is 6.93. The Morgan fingerprint density at radius 3 is 2.56 bits per heavy atom. The lowest BCUT2D eigenvalue weighted by Crippen LogP contribution is -2.33. The normalized spacial score (nSPS) is 47.6. The second kappa shape index (κ2) is 4.42. The lowest BCUT2D eigenvalue weighted by molar-refractivity contribution is -0.0302. The van der Waals surface area contributed by atoms with Crippen molar-refractivity contribution in [3.8, 4) is 0 Å². The molecule has 16 heavy (non-hydrogen) atoms. The van der Waals surface area contributed by atoms with Crippen LogP contribution in [0.4, 0.5) is 0 Å². The predicted molar refractivity (Wildman–Crippen MR) is 74.6 cm³/mol. The molecule has 0 aromatic heterocycles. The Morgan fingerprint density at radius 2 is 1.81 bits per heavy atom. The molecule has 3 rings (SSSR count). The fourth-order valence-electron chi connectivity index (χ4n) is 4.49. The van der Waals surface area contributed by atoms with Crippen molar-refractivity contribution >= 4 is 22.6 Å². The highest BCUT2D eigenvalue weighted by Crippen LogP contribution is 2.59. The van der Waals surface area contributed by atoms with E-state index in [0.717, 1.165) is 23.7 Å². The van der Waals surface area contributed by atoms with Gasteiger partial charge in [0.15, 0.2) is 0 Å². The van der Waals surface area contributed by atoms with Crippen LogP contribution in [0.5, 0.6) is 0 Å². The molecule has 1 nitrogen and oxygen atoms in total. The number of fused-ring (bicyclic) bond motifs is 5. The Labute approximate surface area is 113 Å². The van der Waals surface area contributed by atoms with Crippen LogP contribution in [-0.2, 0) is 4.74 Å². The van der Waals surface area contributed by atoms with Gasteiger partial charge in [-0.2, -0.15) is 0 Å². The van der Waals surface area contributed by atoms with Gasteiger partial charge in [0.1, 0.15) is 4.11 Å². The third kappa shape index (κ3) is 1.84. The minimum atomic E-state index is 0.418. The van der Waals surface area contributed by atoms with Gasteiger partial charge in [-0.05, 0) is 55.3 Å². The third-order valence-electron chi connectivity index (χ3n) is 5.20. The molecule has 6 unspecified atom stereocenters. The zero-order valence-electron chi connectivity index (χ0n) is 10.4. The van der Waals surface area contributed by atoms with Gasteiger partial charge in [0.25, 0.3) is 0 Å². The van der Waals surface area contributed by atoms with Crippen molar-refractivity contribution in [1.29, 1.82) is 0 Å². The first kappa shape index (κ1) is 11.8. The fraction of sp³-hybridized carbons (Fsp3) is 1.00. The zero-order valence-corrected chi connectivity index (χ0v) is 12.5. The monoisotopic (exact) mass is 334 g/mol. The molecule has 3 aliphatic rings. The van der Waals surface area contributed by atoms with Gasteiger partial charge in [0, 0.05) is 0 Å². The van der Waals surface area contributed by atoms with E-state index in [-0.39, 0.29) is 0 Å². The summed E-state index contributed by atoms with van der Waals surface area (Å²) >= 11 is 2.48. The Morgan fingerprint density at radius 1 is 1.06 bits per heavy atom. The summed E-state index contributed by atoms with van der Waals surface area (Å²) in [4.78, 5) is 0. The Bertz CT molecular complexity index is 265. The van der Waals surface area contributed by atoms with E-state index in [2.05, 4.69) is 36.4 Å². The first-order valence-electron chi connectivity index (χ1n) is 6.96. The Hall–Kier alpha value is 0.690. The summed E-state index contributed by atoms with van der Waals surface area (Å²) in [5.74, 6) is 4.74. The van der Waals surface area contributed by atoms with E-state index >= 15 is 0 Å². The number of hydrogen-bond acceptors (Lipinski definition) is 1. The minimum absolute atomic E-state index is 0.418. The molecule has 3 saturated carbocycles. The Kier molecular flexibility index (Phi) is 3.25. The van der Waals surface area contributed by atoms with Crippen LogP contribution in [0.25, 0.3) is 0 Å². The van der Waals surface area contributed by atoms with Crippen LogP contribution in [0.1, 0.15) is 46.0 Å². The first-order valence-corrected chi connectivity index (χ1v) is 8.21. The molecule has 0 spiro atoms. The number of halogens is 1. The van der Waals surface area contributed by atoms with E-state index in [4.69, 9.17) is 4.74 Å². The van der Waals surface area contributed by atoms with Crippen molar-refractivity contribution in [2.45, 2.75) is 56.2 Å². The highest BCUT2D eigenvalue weighted by molar-refractivity contribution is 14.1. The van der Waals surface area contributed by atoms with E-state index < -0.39 is 0 Å². The van der Waals surface area contributed by atoms with Crippen LogP contribution in [0.15, 0.2) is 0 Å². The Balaban J connectivity index is 1.63. The molecule has 0 aromatic rings. The molecule has 0 radical (unpaired) electrons. The molecule has 0 aliphatic heterocycles. The van der Waals surface area contributed by atoms with Gasteiger partial charge in [0.2, 0.25) is 0 Å². The molecule has 2 heteroatoms. The summed E-state index contributed by atoms with van der Waals surface area (Å²) < 4.78 is 6.72. The molecule has 0 aromatic carbocycles. The van der Waals surface area contributed by atoms with E-state index in [1.807, 2.05) is 0 Å². The second-order valence-corrected chi connectivity index (χ2v) is 7.65. The topological polar surface area (TPSA) is 9.23 Å². The molecule has 6 atom stereocenters. The molecule has 0 heterocycles. The van der Waals surface area contributed by atoms with Crippen LogP contribution in [0, 0.1) is 29.6 Å². The number of rotatable bonds is 3. The van der Waals surface area contributed by atoms with Crippen LogP contribution < -0.4 is 0 Å². The SMILES string of the molecule is CC(C)C(I)OC1CC2CC1C1CCCC21. The van der Waals surface area contributed by atoms with E-state index in [9.17, 15) is 0 Å². The number of alkyl halides is 1. The molecular weight excluding hydrogens is 311 g/mol. The van der Waals surface area contributed by atoms with Crippen molar-refractivity contribution < 1.29 is 4.74 Å². The highest BCUT2D eigenvalue weighted by Gasteiger charge is 2.54. The van der Waals surface area contributed by atoms with E-state index in [1.165, 1.54) is 32.1 Å². The van der Waals surface area contributed by atoms with Gasteiger partial charge in [-0.3, -0.25) is 0 Å². The lowest BCUT2D eigenvalue weighted by Gasteiger charge is -2.33. The average molecular weight is 334 g/mol. The quantitative estimate of drug-likeness (QED) is 0.554. The minimum Gasteiger partial charge on any atom is -0.364 e. The van der Waals surface area contributed by atoms with Gasteiger partial charge in [-0.15, -0.1) is 0 Å². The van der Waals surface area contributed by atoms with Gasteiger partial charge in [-0.25, -0.2) is 0 Å². The van der Waals surface area contributed by atoms with Gasteiger partial charge < -0.3 is 4.74 Å². The van der Waals surface area contributed by atoms with Crippen LogP contribution in [-0.4, -0.2) is 10.2 Å². The molecule has 3 aliphatic carbocycles. The average Bonchev–Trinajstić information content (AvgIpc) is 2.87. The molecule has 92 valence electrons. The maximum Gasteiger partial charge on any atom is 0.111 e. The van der Waals surface area contributed by atoms with Crippen molar-refractivity contribution in [3.05, 3.63) is 0 Å². The predicted octanol–water partition coefficient (Wildman–Crippen LogP) is 4.24. The van der Waals surface area contributed by atoms with Crippen LogP contribution >= 0.6 is 22.6 Å². The lowest BCUT2D eigenvalue weighted by atomic mass is 9.80. The summed E-state index contributed by atoms with van der Waals surface area (Å²) in [7, 11) is 0. The maximum absolute atomic E-state index is 6.30. The largest absolute Gasteiger partial charge is 0.364 e. The van der Waals surface area contributed by atoms with Gasteiger partial charge in [0.05, 0.1) is 6.10 Å². The van der Waals surface area contributed by atoms with Gasteiger partial charge >= 0.3 is 0 Å². The van der Waals surface area contributed by atoms with E-state index in [0.29, 0.717) is 16.1 Å². The summed E-state index contributed by atoms with van der Waals surface area (Å²) in [6.07, 6.45) is 7.98.